The fraction of sp³-hybridized carbons (Fsp3) is 0.417. The number of halogens is 2. The van der Waals surface area contributed by atoms with Crippen LogP contribution in [-0.2, 0) is 9.53 Å². The van der Waals surface area contributed by atoms with Gasteiger partial charge in [0.2, 0.25) is 6.43 Å². The molecular weight excluding hydrogens is 230 g/mol. The largest absolute Gasteiger partial charge is 0.497 e. The highest BCUT2D eigenvalue weighted by Crippen LogP contribution is 2.28. The SMILES string of the molecule is COC(=O)CC(c1ccc(OC)cc1)C(F)F. The molecule has 0 spiro atoms. The minimum atomic E-state index is -2.61. The number of methoxy groups -OCH3 is 2. The zero-order valence-electron chi connectivity index (χ0n) is 9.65. The van der Waals surface area contributed by atoms with E-state index in [9.17, 15) is 13.6 Å². The van der Waals surface area contributed by atoms with Crippen molar-refractivity contribution < 1.29 is 23.0 Å². The molecule has 0 bridgehead atoms. The van der Waals surface area contributed by atoms with Gasteiger partial charge in [-0.15, -0.1) is 0 Å². The van der Waals surface area contributed by atoms with Crippen molar-refractivity contribution in [3.8, 4) is 5.75 Å². The molecule has 0 saturated heterocycles. The van der Waals surface area contributed by atoms with Crippen LogP contribution in [0.3, 0.4) is 0 Å². The van der Waals surface area contributed by atoms with E-state index >= 15 is 0 Å². The van der Waals surface area contributed by atoms with Gasteiger partial charge < -0.3 is 9.47 Å². The van der Waals surface area contributed by atoms with E-state index < -0.39 is 18.3 Å². The summed E-state index contributed by atoms with van der Waals surface area (Å²) >= 11 is 0. The molecule has 0 aliphatic rings. The Bertz CT molecular complexity index is 363. The lowest BCUT2D eigenvalue weighted by molar-refractivity contribution is -0.142. The third-order valence-electron chi connectivity index (χ3n) is 2.46. The van der Waals surface area contributed by atoms with E-state index in [-0.39, 0.29) is 6.42 Å². The maximum atomic E-state index is 12.8. The number of rotatable bonds is 5. The molecule has 94 valence electrons. The molecule has 0 N–H and O–H groups in total. The highest BCUT2D eigenvalue weighted by Gasteiger charge is 2.25. The maximum absolute atomic E-state index is 12.8. The van der Waals surface area contributed by atoms with Crippen molar-refractivity contribution in [1.29, 1.82) is 0 Å². The van der Waals surface area contributed by atoms with Gasteiger partial charge in [0.05, 0.1) is 26.6 Å². The minimum Gasteiger partial charge on any atom is -0.497 e. The molecule has 1 unspecified atom stereocenters. The van der Waals surface area contributed by atoms with Gasteiger partial charge in [0, 0.05) is 0 Å². The lowest BCUT2D eigenvalue weighted by Crippen LogP contribution is -2.15. The summed E-state index contributed by atoms with van der Waals surface area (Å²) in [4.78, 5) is 11.0. The van der Waals surface area contributed by atoms with Crippen LogP contribution in [-0.4, -0.2) is 26.6 Å². The summed E-state index contributed by atoms with van der Waals surface area (Å²) in [6.45, 7) is 0. The topological polar surface area (TPSA) is 35.5 Å². The predicted octanol–water partition coefficient (Wildman–Crippen LogP) is 2.61. The number of benzene rings is 1. The summed E-state index contributed by atoms with van der Waals surface area (Å²) < 4.78 is 35.0. The first kappa shape index (κ1) is 13.4. The zero-order chi connectivity index (χ0) is 12.8. The van der Waals surface area contributed by atoms with Crippen LogP contribution in [0.2, 0.25) is 0 Å². The Hall–Kier alpha value is -1.65. The highest BCUT2D eigenvalue weighted by molar-refractivity contribution is 5.70. The van der Waals surface area contributed by atoms with Gasteiger partial charge in [0.1, 0.15) is 5.75 Å². The Morgan fingerprint density at radius 3 is 2.24 bits per heavy atom. The van der Waals surface area contributed by atoms with Gasteiger partial charge in [0.15, 0.2) is 0 Å². The van der Waals surface area contributed by atoms with E-state index in [0.717, 1.165) is 0 Å². The van der Waals surface area contributed by atoms with Crippen LogP contribution >= 0.6 is 0 Å². The van der Waals surface area contributed by atoms with Gasteiger partial charge in [0.25, 0.3) is 0 Å². The number of hydrogen-bond donors (Lipinski definition) is 0. The lowest BCUT2D eigenvalue weighted by Gasteiger charge is -2.15. The van der Waals surface area contributed by atoms with Gasteiger partial charge in [-0.2, -0.15) is 0 Å². The number of hydrogen-bond acceptors (Lipinski definition) is 3. The predicted molar refractivity (Wildman–Crippen MR) is 58.4 cm³/mol. The highest BCUT2D eigenvalue weighted by atomic mass is 19.3. The summed E-state index contributed by atoms with van der Waals surface area (Å²) in [6.07, 6.45) is -2.94. The quantitative estimate of drug-likeness (QED) is 0.747. The van der Waals surface area contributed by atoms with Crippen LogP contribution in [0.4, 0.5) is 8.78 Å². The Balaban J connectivity index is 2.85. The summed E-state index contributed by atoms with van der Waals surface area (Å²) in [7, 11) is 2.67. The summed E-state index contributed by atoms with van der Waals surface area (Å²) in [6, 6.07) is 6.22. The number of alkyl halides is 2. The smallest absolute Gasteiger partial charge is 0.306 e. The third-order valence-corrected chi connectivity index (χ3v) is 2.46. The second-order valence-corrected chi connectivity index (χ2v) is 3.49. The third kappa shape index (κ3) is 3.69. The van der Waals surface area contributed by atoms with Crippen molar-refractivity contribution in [3.05, 3.63) is 29.8 Å². The fourth-order valence-corrected chi connectivity index (χ4v) is 1.47. The Labute approximate surface area is 98.3 Å². The Morgan fingerprint density at radius 1 is 1.24 bits per heavy atom. The van der Waals surface area contributed by atoms with Gasteiger partial charge in [-0.05, 0) is 17.7 Å². The molecule has 0 aliphatic heterocycles. The van der Waals surface area contributed by atoms with Crippen LogP contribution in [0, 0.1) is 0 Å². The number of carbonyl (C=O) groups excluding carboxylic acids is 1. The van der Waals surface area contributed by atoms with E-state index in [1.807, 2.05) is 0 Å². The standard InChI is InChI=1S/C12H14F2O3/c1-16-9-5-3-8(4-6-9)10(12(13)14)7-11(15)17-2/h3-6,10,12H,7H2,1-2H3. The molecular formula is C12H14F2O3. The molecule has 1 rings (SSSR count). The molecule has 1 atom stereocenters. The van der Waals surface area contributed by atoms with E-state index in [0.29, 0.717) is 11.3 Å². The first-order chi connectivity index (χ1) is 8.08. The molecule has 0 aliphatic carbocycles. The maximum Gasteiger partial charge on any atom is 0.306 e. The second-order valence-electron chi connectivity index (χ2n) is 3.49. The molecule has 0 saturated carbocycles. The van der Waals surface area contributed by atoms with E-state index in [2.05, 4.69) is 4.74 Å². The summed E-state index contributed by atoms with van der Waals surface area (Å²) in [5, 5.41) is 0. The average Bonchev–Trinajstić information content (AvgIpc) is 2.35. The summed E-state index contributed by atoms with van der Waals surface area (Å²) in [5.41, 5.74) is 0.395. The molecule has 0 radical (unpaired) electrons. The Kier molecular flexibility index (Phi) is 4.87. The second kappa shape index (κ2) is 6.18. The zero-order valence-corrected chi connectivity index (χ0v) is 9.65. The van der Waals surface area contributed by atoms with Crippen LogP contribution in [0.1, 0.15) is 17.9 Å². The minimum absolute atomic E-state index is 0.333. The first-order valence-electron chi connectivity index (χ1n) is 5.07. The van der Waals surface area contributed by atoms with Gasteiger partial charge in [-0.1, -0.05) is 12.1 Å². The molecule has 1 aromatic carbocycles. The van der Waals surface area contributed by atoms with Crippen molar-refractivity contribution in [2.45, 2.75) is 18.8 Å². The first-order valence-corrected chi connectivity index (χ1v) is 5.07. The lowest BCUT2D eigenvalue weighted by atomic mass is 9.96. The molecule has 0 fully saturated rings. The van der Waals surface area contributed by atoms with Crippen LogP contribution in [0.5, 0.6) is 5.75 Å². The molecule has 1 aromatic rings. The number of carbonyl (C=O) groups is 1. The molecule has 0 heterocycles. The Morgan fingerprint density at radius 2 is 1.82 bits per heavy atom. The van der Waals surface area contributed by atoms with Crippen molar-refractivity contribution in [2.24, 2.45) is 0 Å². The van der Waals surface area contributed by atoms with Gasteiger partial charge in [-0.3, -0.25) is 4.79 Å². The molecule has 0 amide bonds. The van der Waals surface area contributed by atoms with E-state index in [1.54, 1.807) is 12.1 Å². The van der Waals surface area contributed by atoms with E-state index in [1.165, 1.54) is 26.4 Å². The summed E-state index contributed by atoms with van der Waals surface area (Å²) in [5.74, 6) is -1.21. The molecule has 0 aromatic heterocycles. The van der Waals surface area contributed by atoms with Crippen molar-refractivity contribution in [3.63, 3.8) is 0 Å². The molecule has 5 heteroatoms. The van der Waals surface area contributed by atoms with E-state index in [4.69, 9.17) is 4.74 Å². The van der Waals surface area contributed by atoms with Crippen LogP contribution in [0.25, 0.3) is 0 Å². The van der Waals surface area contributed by atoms with Crippen molar-refractivity contribution in [1.82, 2.24) is 0 Å². The monoisotopic (exact) mass is 244 g/mol. The van der Waals surface area contributed by atoms with Gasteiger partial charge >= 0.3 is 5.97 Å². The van der Waals surface area contributed by atoms with Crippen LogP contribution in [0.15, 0.2) is 24.3 Å². The van der Waals surface area contributed by atoms with Crippen molar-refractivity contribution >= 4 is 5.97 Å². The van der Waals surface area contributed by atoms with Gasteiger partial charge in [-0.25, -0.2) is 8.78 Å². The average molecular weight is 244 g/mol. The normalized spacial score (nSPS) is 12.3. The van der Waals surface area contributed by atoms with Crippen molar-refractivity contribution in [2.75, 3.05) is 14.2 Å². The molecule has 17 heavy (non-hydrogen) atoms. The number of esters is 1. The fourth-order valence-electron chi connectivity index (χ4n) is 1.47. The number of ether oxygens (including phenoxy) is 2. The van der Waals surface area contributed by atoms with Crippen LogP contribution < -0.4 is 4.74 Å². The molecule has 3 nitrogen and oxygen atoms in total.